The summed E-state index contributed by atoms with van der Waals surface area (Å²) in [5.41, 5.74) is 9.60. The summed E-state index contributed by atoms with van der Waals surface area (Å²) in [5.74, 6) is 1.17. The number of methoxy groups -OCH3 is 1. The van der Waals surface area contributed by atoms with Crippen molar-refractivity contribution in [2.45, 2.75) is 26.9 Å². The van der Waals surface area contributed by atoms with Crippen molar-refractivity contribution in [3.05, 3.63) is 47.2 Å². The molecule has 0 fully saturated rings. The Hall–Kier alpha value is -2.60. The van der Waals surface area contributed by atoms with Gasteiger partial charge in [0.1, 0.15) is 18.2 Å². The second-order valence-corrected chi connectivity index (χ2v) is 5.53. The number of nitrogens with two attached hydrogens (primary N) is 1. The molecular formula is C18H23N3O3. The maximum absolute atomic E-state index is 11.7. The third kappa shape index (κ3) is 4.70. The number of benzene rings is 1. The van der Waals surface area contributed by atoms with Crippen molar-refractivity contribution < 1.29 is 14.3 Å². The predicted octanol–water partition coefficient (Wildman–Crippen LogP) is 2.83. The van der Waals surface area contributed by atoms with Gasteiger partial charge in [0.05, 0.1) is 13.0 Å². The van der Waals surface area contributed by atoms with E-state index in [0.717, 1.165) is 28.1 Å². The zero-order valence-electron chi connectivity index (χ0n) is 14.3. The van der Waals surface area contributed by atoms with Crippen molar-refractivity contribution >= 4 is 17.4 Å². The van der Waals surface area contributed by atoms with E-state index < -0.39 is 0 Å². The minimum Gasteiger partial charge on any atom is -0.489 e. The van der Waals surface area contributed by atoms with Crippen LogP contribution in [0.2, 0.25) is 0 Å². The molecule has 2 rings (SSSR count). The fourth-order valence-corrected chi connectivity index (χ4v) is 2.17. The van der Waals surface area contributed by atoms with Crippen molar-refractivity contribution in [3.8, 4) is 5.75 Å². The molecule has 0 aliphatic carbocycles. The number of anilines is 2. The highest BCUT2D eigenvalue weighted by Gasteiger charge is 2.07. The second-order valence-electron chi connectivity index (χ2n) is 5.53. The Morgan fingerprint density at radius 2 is 2.04 bits per heavy atom. The highest BCUT2D eigenvalue weighted by molar-refractivity contribution is 5.89. The van der Waals surface area contributed by atoms with E-state index in [9.17, 15) is 4.79 Å². The molecule has 0 aliphatic rings. The lowest BCUT2D eigenvalue weighted by Crippen LogP contribution is -2.14. The monoisotopic (exact) mass is 329 g/mol. The fraction of sp³-hybridized carbons (Fsp3) is 0.333. The van der Waals surface area contributed by atoms with Crippen LogP contribution in [0.15, 0.2) is 30.5 Å². The van der Waals surface area contributed by atoms with E-state index in [0.29, 0.717) is 25.5 Å². The molecular weight excluding hydrogens is 306 g/mol. The SMILES string of the molecule is COCCC(=O)Nc1cc(COc2ccc(N)c(C)c2C)ccn1. The Bertz CT molecular complexity index is 717. The summed E-state index contributed by atoms with van der Waals surface area (Å²) in [4.78, 5) is 15.8. The normalized spacial score (nSPS) is 10.5. The Balaban J connectivity index is 2.00. The van der Waals surface area contributed by atoms with Crippen molar-refractivity contribution in [3.63, 3.8) is 0 Å². The van der Waals surface area contributed by atoms with Crippen LogP contribution in [0.1, 0.15) is 23.1 Å². The molecule has 0 unspecified atom stereocenters. The van der Waals surface area contributed by atoms with Gasteiger partial charge in [-0.1, -0.05) is 0 Å². The van der Waals surface area contributed by atoms with E-state index >= 15 is 0 Å². The molecule has 1 amide bonds. The largest absolute Gasteiger partial charge is 0.489 e. The van der Waals surface area contributed by atoms with E-state index in [4.69, 9.17) is 15.2 Å². The smallest absolute Gasteiger partial charge is 0.227 e. The number of pyridine rings is 1. The molecule has 0 saturated carbocycles. The third-order valence-electron chi connectivity index (χ3n) is 3.80. The summed E-state index contributed by atoms with van der Waals surface area (Å²) >= 11 is 0. The van der Waals surface area contributed by atoms with Crippen LogP contribution < -0.4 is 15.8 Å². The number of hydrogen-bond acceptors (Lipinski definition) is 5. The van der Waals surface area contributed by atoms with Crippen LogP contribution in [0.25, 0.3) is 0 Å². The van der Waals surface area contributed by atoms with Gasteiger partial charge in [0.25, 0.3) is 0 Å². The number of nitrogens with zero attached hydrogens (tertiary/aromatic N) is 1. The first-order valence-electron chi connectivity index (χ1n) is 7.73. The number of ether oxygens (including phenoxy) is 2. The standard InChI is InChI=1S/C18H23N3O3/c1-12-13(2)16(5-4-15(12)19)24-11-14-6-8-20-17(10-14)21-18(22)7-9-23-3/h4-6,8,10H,7,9,11,19H2,1-3H3,(H,20,21,22). The van der Waals surface area contributed by atoms with Crippen LogP contribution in [-0.2, 0) is 16.1 Å². The molecule has 128 valence electrons. The zero-order valence-corrected chi connectivity index (χ0v) is 14.3. The molecule has 0 atom stereocenters. The van der Waals surface area contributed by atoms with E-state index in [1.807, 2.05) is 32.0 Å². The van der Waals surface area contributed by atoms with Gasteiger partial charge < -0.3 is 20.5 Å². The number of nitrogen functional groups attached to an aromatic ring is 1. The topological polar surface area (TPSA) is 86.5 Å². The minimum atomic E-state index is -0.132. The number of amides is 1. The highest BCUT2D eigenvalue weighted by Crippen LogP contribution is 2.26. The maximum atomic E-state index is 11.7. The minimum absolute atomic E-state index is 0.132. The Morgan fingerprint density at radius 3 is 2.79 bits per heavy atom. The average Bonchev–Trinajstić information content (AvgIpc) is 2.57. The van der Waals surface area contributed by atoms with Crippen molar-refractivity contribution in [2.75, 3.05) is 24.8 Å². The summed E-state index contributed by atoms with van der Waals surface area (Å²) in [5, 5.41) is 2.74. The summed E-state index contributed by atoms with van der Waals surface area (Å²) in [6, 6.07) is 7.35. The molecule has 0 aliphatic heterocycles. The number of carbonyl (C=O) groups excluding carboxylic acids is 1. The first-order chi connectivity index (χ1) is 11.5. The molecule has 2 aromatic rings. The average molecular weight is 329 g/mol. The van der Waals surface area contributed by atoms with Gasteiger partial charge >= 0.3 is 0 Å². The molecule has 0 bridgehead atoms. The predicted molar refractivity (Wildman–Crippen MR) is 94.0 cm³/mol. The molecule has 24 heavy (non-hydrogen) atoms. The summed E-state index contributed by atoms with van der Waals surface area (Å²) in [7, 11) is 1.56. The molecule has 6 nitrogen and oxygen atoms in total. The van der Waals surface area contributed by atoms with Gasteiger partial charge in [0.2, 0.25) is 5.91 Å². The lowest BCUT2D eigenvalue weighted by atomic mass is 10.1. The van der Waals surface area contributed by atoms with Crippen LogP contribution in [0.5, 0.6) is 5.75 Å². The molecule has 1 aromatic carbocycles. The lowest BCUT2D eigenvalue weighted by molar-refractivity contribution is -0.117. The zero-order chi connectivity index (χ0) is 17.5. The van der Waals surface area contributed by atoms with E-state index in [1.165, 1.54) is 0 Å². The Morgan fingerprint density at radius 1 is 1.25 bits per heavy atom. The van der Waals surface area contributed by atoms with Gasteiger partial charge in [-0.3, -0.25) is 4.79 Å². The van der Waals surface area contributed by atoms with Crippen molar-refractivity contribution in [1.29, 1.82) is 0 Å². The number of rotatable bonds is 7. The number of carbonyl (C=O) groups is 1. The van der Waals surface area contributed by atoms with Gasteiger partial charge in [-0.2, -0.15) is 0 Å². The van der Waals surface area contributed by atoms with Crippen LogP contribution in [0.3, 0.4) is 0 Å². The summed E-state index contributed by atoms with van der Waals surface area (Å²) in [6.45, 7) is 4.71. The Labute approximate surface area is 142 Å². The first kappa shape index (κ1) is 17.7. The van der Waals surface area contributed by atoms with Gasteiger partial charge in [-0.15, -0.1) is 0 Å². The van der Waals surface area contributed by atoms with Gasteiger partial charge in [-0.05, 0) is 54.8 Å². The molecule has 0 radical (unpaired) electrons. The fourth-order valence-electron chi connectivity index (χ4n) is 2.17. The summed E-state index contributed by atoms with van der Waals surface area (Å²) < 4.78 is 10.7. The molecule has 1 heterocycles. The number of hydrogen-bond donors (Lipinski definition) is 2. The number of aromatic nitrogens is 1. The van der Waals surface area contributed by atoms with Crippen LogP contribution in [0, 0.1) is 13.8 Å². The molecule has 6 heteroatoms. The number of nitrogens with one attached hydrogen (secondary N) is 1. The second kappa shape index (κ2) is 8.31. The van der Waals surface area contributed by atoms with E-state index in [1.54, 1.807) is 19.4 Å². The van der Waals surface area contributed by atoms with Gasteiger partial charge in [-0.25, -0.2) is 4.98 Å². The van der Waals surface area contributed by atoms with Crippen molar-refractivity contribution in [1.82, 2.24) is 4.98 Å². The maximum Gasteiger partial charge on any atom is 0.227 e. The Kier molecular flexibility index (Phi) is 6.14. The van der Waals surface area contributed by atoms with Gasteiger partial charge in [0.15, 0.2) is 0 Å². The molecule has 1 aromatic heterocycles. The van der Waals surface area contributed by atoms with Crippen LogP contribution in [0.4, 0.5) is 11.5 Å². The molecule has 0 spiro atoms. The molecule has 3 N–H and O–H groups in total. The lowest BCUT2D eigenvalue weighted by Gasteiger charge is -2.13. The first-order valence-corrected chi connectivity index (χ1v) is 7.73. The van der Waals surface area contributed by atoms with E-state index in [2.05, 4.69) is 10.3 Å². The van der Waals surface area contributed by atoms with Crippen LogP contribution in [-0.4, -0.2) is 24.6 Å². The quantitative estimate of drug-likeness (QED) is 0.763. The summed E-state index contributed by atoms with van der Waals surface area (Å²) in [6.07, 6.45) is 1.94. The molecule has 0 saturated heterocycles. The third-order valence-corrected chi connectivity index (χ3v) is 3.80. The van der Waals surface area contributed by atoms with E-state index in [-0.39, 0.29) is 5.91 Å². The van der Waals surface area contributed by atoms with Gasteiger partial charge in [0, 0.05) is 19.0 Å². The van der Waals surface area contributed by atoms with Crippen LogP contribution >= 0.6 is 0 Å². The van der Waals surface area contributed by atoms with Crippen molar-refractivity contribution in [2.24, 2.45) is 0 Å². The highest BCUT2D eigenvalue weighted by atomic mass is 16.5.